The summed E-state index contributed by atoms with van der Waals surface area (Å²) < 4.78 is 14.2. The summed E-state index contributed by atoms with van der Waals surface area (Å²) in [6.45, 7) is 1.70. The third-order valence-electron chi connectivity index (χ3n) is 2.90. The first-order valence-corrected chi connectivity index (χ1v) is 7.35. The smallest absolute Gasteiger partial charge is 0.254 e. The van der Waals surface area contributed by atoms with Crippen molar-refractivity contribution in [3.8, 4) is 0 Å². The minimum Gasteiger partial charge on any atom is -0.348 e. The molecule has 22 heavy (non-hydrogen) atoms. The Kier molecular flexibility index (Phi) is 5.27. The number of hydrogen-bond acceptors (Lipinski definition) is 2. The molecule has 0 aromatic heterocycles. The molecular formula is C16H14BrFN2O2. The first-order chi connectivity index (χ1) is 10.5. The molecule has 0 saturated heterocycles. The van der Waals surface area contributed by atoms with Gasteiger partial charge in [-0.1, -0.05) is 28.1 Å². The highest BCUT2D eigenvalue weighted by Crippen LogP contribution is 2.15. The minimum absolute atomic E-state index is 0.00179. The van der Waals surface area contributed by atoms with Gasteiger partial charge in [-0.3, -0.25) is 9.59 Å². The zero-order valence-corrected chi connectivity index (χ0v) is 13.4. The summed E-state index contributed by atoms with van der Waals surface area (Å²) in [5.41, 5.74) is 1.53. The fourth-order valence-corrected chi connectivity index (χ4v) is 2.19. The van der Waals surface area contributed by atoms with Gasteiger partial charge in [-0.2, -0.15) is 0 Å². The highest BCUT2D eigenvalue weighted by Gasteiger charge is 2.11. The van der Waals surface area contributed by atoms with Crippen LogP contribution in [-0.2, 0) is 11.3 Å². The molecule has 0 aliphatic carbocycles. The quantitative estimate of drug-likeness (QED) is 0.872. The molecule has 2 aromatic carbocycles. The number of amides is 2. The van der Waals surface area contributed by atoms with Crippen molar-refractivity contribution in [3.63, 3.8) is 0 Å². The van der Waals surface area contributed by atoms with E-state index in [9.17, 15) is 14.0 Å². The average Bonchev–Trinajstić information content (AvgIpc) is 2.45. The van der Waals surface area contributed by atoms with E-state index < -0.39 is 11.7 Å². The second kappa shape index (κ2) is 7.17. The summed E-state index contributed by atoms with van der Waals surface area (Å²) >= 11 is 3.14. The van der Waals surface area contributed by atoms with Crippen molar-refractivity contribution in [2.24, 2.45) is 0 Å². The van der Waals surface area contributed by atoms with Crippen LogP contribution in [0.2, 0.25) is 0 Å². The number of hydrogen-bond donors (Lipinski definition) is 2. The van der Waals surface area contributed by atoms with Gasteiger partial charge in [-0.25, -0.2) is 4.39 Å². The standard InChI is InChI=1S/C16H14BrFN2O2/c1-10(21)20-13-5-2-11(3-6-13)9-19-16(22)14-7-4-12(17)8-15(14)18/h2-8H,9H2,1H3,(H,19,22)(H,20,21). The molecule has 0 bridgehead atoms. The second-order valence-electron chi connectivity index (χ2n) is 4.68. The van der Waals surface area contributed by atoms with Crippen LogP contribution in [0.5, 0.6) is 0 Å². The van der Waals surface area contributed by atoms with Gasteiger partial charge in [-0.15, -0.1) is 0 Å². The van der Waals surface area contributed by atoms with E-state index in [1.807, 2.05) is 0 Å². The van der Waals surface area contributed by atoms with Crippen molar-refractivity contribution >= 4 is 33.4 Å². The van der Waals surface area contributed by atoms with Crippen LogP contribution < -0.4 is 10.6 Å². The van der Waals surface area contributed by atoms with Crippen LogP contribution in [0.1, 0.15) is 22.8 Å². The normalized spacial score (nSPS) is 10.1. The maximum absolute atomic E-state index is 13.7. The van der Waals surface area contributed by atoms with E-state index >= 15 is 0 Å². The maximum Gasteiger partial charge on any atom is 0.254 e. The third-order valence-corrected chi connectivity index (χ3v) is 3.40. The van der Waals surface area contributed by atoms with Gasteiger partial charge in [0, 0.05) is 23.6 Å². The van der Waals surface area contributed by atoms with Gasteiger partial charge in [0.05, 0.1) is 5.56 Å². The zero-order chi connectivity index (χ0) is 16.1. The molecule has 0 atom stereocenters. The molecule has 0 aliphatic rings. The van der Waals surface area contributed by atoms with Crippen molar-refractivity contribution in [2.75, 3.05) is 5.32 Å². The van der Waals surface area contributed by atoms with Crippen LogP contribution >= 0.6 is 15.9 Å². The molecule has 2 aromatic rings. The van der Waals surface area contributed by atoms with Crippen molar-refractivity contribution in [1.29, 1.82) is 0 Å². The Morgan fingerprint density at radius 3 is 2.41 bits per heavy atom. The number of rotatable bonds is 4. The molecular weight excluding hydrogens is 351 g/mol. The lowest BCUT2D eigenvalue weighted by Gasteiger charge is -2.08. The molecule has 2 N–H and O–H groups in total. The van der Waals surface area contributed by atoms with Gasteiger partial charge in [0.2, 0.25) is 5.91 Å². The topological polar surface area (TPSA) is 58.2 Å². The molecule has 0 saturated carbocycles. The van der Waals surface area contributed by atoms with Gasteiger partial charge in [0.1, 0.15) is 5.82 Å². The minimum atomic E-state index is -0.576. The Bertz CT molecular complexity index is 702. The van der Waals surface area contributed by atoms with Gasteiger partial charge < -0.3 is 10.6 Å². The largest absolute Gasteiger partial charge is 0.348 e. The number of carbonyl (C=O) groups excluding carboxylic acids is 2. The number of halogens is 2. The maximum atomic E-state index is 13.7. The monoisotopic (exact) mass is 364 g/mol. The first kappa shape index (κ1) is 16.2. The predicted octanol–water partition coefficient (Wildman–Crippen LogP) is 3.48. The van der Waals surface area contributed by atoms with Gasteiger partial charge >= 0.3 is 0 Å². The highest BCUT2D eigenvalue weighted by atomic mass is 79.9. The summed E-state index contributed by atoms with van der Waals surface area (Å²) in [7, 11) is 0. The van der Waals surface area contributed by atoms with Gasteiger partial charge in [0.25, 0.3) is 5.91 Å². The summed E-state index contributed by atoms with van der Waals surface area (Å²) in [4.78, 5) is 22.9. The van der Waals surface area contributed by atoms with E-state index in [0.29, 0.717) is 10.2 Å². The second-order valence-corrected chi connectivity index (χ2v) is 5.60. The van der Waals surface area contributed by atoms with E-state index in [2.05, 4.69) is 26.6 Å². The lowest BCUT2D eigenvalue weighted by atomic mass is 10.1. The van der Waals surface area contributed by atoms with Crippen molar-refractivity contribution < 1.29 is 14.0 Å². The molecule has 0 heterocycles. The van der Waals surface area contributed by atoms with Crippen molar-refractivity contribution in [3.05, 3.63) is 63.9 Å². The Morgan fingerprint density at radius 1 is 1.14 bits per heavy atom. The fourth-order valence-electron chi connectivity index (χ4n) is 1.86. The van der Waals surface area contributed by atoms with Gasteiger partial charge in [0.15, 0.2) is 0 Å². The summed E-state index contributed by atoms with van der Waals surface area (Å²) in [5.74, 6) is -1.20. The molecule has 114 valence electrons. The van der Waals surface area contributed by atoms with Crippen LogP contribution in [0.4, 0.5) is 10.1 Å². The van der Waals surface area contributed by atoms with Crippen molar-refractivity contribution in [2.45, 2.75) is 13.5 Å². The summed E-state index contributed by atoms with van der Waals surface area (Å²) in [6, 6.07) is 11.3. The molecule has 6 heteroatoms. The lowest BCUT2D eigenvalue weighted by Crippen LogP contribution is -2.23. The van der Waals surface area contributed by atoms with E-state index in [1.165, 1.54) is 19.1 Å². The SMILES string of the molecule is CC(=O)Nc1ccc(CNC(=O)c2ccc(Br)cc2F)cc1. The molecule has 0 fully saturated rings. The predicted molar refractivity (Wildman–Crippen MR) is 86.0 cm³/mol. The van der Waals surface area contributed by atoms with Crippen LogP contribution in [0, 0.1) is 5.82 Å². The summed E-state index contributed by atoms with van der Waals surface area (Å²) in [6.07, 6.45) is 0. The third kappa shape index (κ3) is 4.39. The van der Waals surface area contributed by atoms with Crippen LogP contribution in [-0.4, -0.2) is 11.8 Å². The Hall–Kier alpha value is -2.21. The molecule has 0 radical (unpaired) electrons. The van der Waals surface area contributed by atoms with E-state index in [0.717, 1.165) is 5.56 Å². The average molecular weight is 365 g/mol. The van der Waals surface area contributed by atoms with E-state index in [4.69, 9.17) is 0 Å². The Labute approximate surface area is 135 Å². The number of anilines is 1. The first-order valence-electron chi connectivity index (χ1n) is 6.55. The molecule has 0 aliphatic heterocycles. The lowest BCUT2D eigenvalue weighted by molar-refractivity contribution is -0.114. The van der Waals surface area contributed by atoms with Crippen LogP contribution in [0.15, 0.2) is 46.9 Å². The summed E-state index contributed by atoms with van der Waals surface area (Å²) in [5, 5.41) is 5.31. The zero-order valence-electron chi connectivity index (χ0n) is 11.8. The Balaban J connectivity index is 1.97. The Morgan fingerprint density at radius 2 is 1.82 bits per heavy atom. The van der Waals surface area contributed by atoms with Crippen LogP contribution in [0.3, 0.4) is 0 Å². The van der Waals surface area contributed by atoms with E-state index in [1.54, 1.807) is 30.3 Å². The number of benzene rings is 2. The van der Waals surface area contributed by atoms with Crippen molar-refractivity contribution in [1.82, 2.24) is 5.32 Å². The molecule has 2 amide bonds. The fraction of sp³-hybridized carbons (Fsp3) is 0.125. The van der Waals surface area contributed by atoms with Gasteiger partial charge in [-0.05, 0) is 35.9 Å². The highest BCUT2D eigenvalue weighted by molar-refractivity contribution is 9.10. The number of carbonyl (C=O) groups is 2. The number of nitrogens with one attached hydrogen (secondary N) is 2. The van der Waals surface area contributed by atoms with E-state index in [-0.39, 0.29) is 18.0 Å². The molecule has 2 rings (SSSR count). The molecule has 0 spiro atoms. The molecule has 4 nitrogen and oxygen atoms in total. The van der Waals surface area contributed by atoms with Crippen LogP contribution in [0.25, 0.3) is 0 Å². The molecule has 0 unspecified atom stereocenters.